The number of hydrogen-bond donors (Lipinski definition) is 2. The van der Waals surface area contributed by atoms with Gasteiger partial charge in [0.25, 0.3) is 0 Å². The number of carbonyl (C=O) groups excluding carboxylic acids is 1. The number of rotatable bonds is 5. The molecule has 3 atom stereocenters. The summed E-state index contributed by atoms with van der Waals surface area (Å²) in [6.07, 6.45) is 2.32. The van der Waals surface area contributed by atoms with Crippen molar-refractivity contribution in [3.63, 3.8) is 0 Å². The maximum absolute atomic E-state index is 12.4. The lowest BCUT2D eigenvalue weighted by Gasteiger charge is -2.23. The number of nitrogens with one attached hydrogen (secondary N) is 1. The lowest BCUT2D eigenvalue weighted by atomic mass is 10.0. The van der Waals surface area contributed by atoms with Crippen molar-refractivity contribution in [1.29, 1.82) is 0 Å². The van der Waals surface area contributed by atoms with Gasteiger partial charge in [-0.1, -0.05) is 36.8 Å². The van der Waals surface area contributed by atoms with Crippen LogP contribution in [0.5, 0.6) is 0 Å². The van der Waals surface area contributed by atoms with Crippen LogP contribution in [0.4, 0.5) is 4.79 Å². The van der Waals surface area contributed by atoms with E-state index in [1.165, 1.54) is 11.1 Å². The Morgan fingerprint density at radius 1 is 1.41 bits per heavy atom. The minimum atomic E-state index is -0.340. The summed E-state index contributed by atoms with van der Waals surface area (Å²) >= 11 is 0. The number of aliphatic hydroxyl groups is 1. The number of carbonyl (C=O) groups is 1. The fourth-order valence-corrected chi connectivity index (χ4v) is 2.94. The van der Waals surface area contributed by atoms with Crippen LogP contribution in [-0.2, 0) is 6.42 Å². The van der Waals surface area contributed by atoms with Gasteiger partial charge in [-0.3, -0.25) is 0 Å². The molecule has 22 heavy (non-hydrogen) atoms. The van der Waals surface area contributed by atoms with Crippen LogP contribution in [0, 0.1) is 12.8 Å². The summed E-state index contributed by atoms with van der Waals surface area (Å²) in [5, 5.41) is 12.8. The smallest absolute Gasteiger partial charge is 0.317 e. The molecule has 1 aliphatic heterocycles. The van der Waals surface area contributed by atoms with Crippen molar-refractivity contribution in [3.05, 3.63) is 35.4 Å². The summed E-state index contributed by atoms with van der Waals surface area (Å²) in [4.78, 5) is 14.2. The first-order chi connectivity index (χ1) is 10.5. The van der Waals surface area contributed by atoms with E-state index in [2.05, 4.69) is 43.4 Å². The van der Waals surface area contributed by atoms with E-state index in [9.17, 15) is 9.90 Å². The molecule has 0 bridgehead atoms. The van der Waals surface area contributed by atoms with Crippen molar-refractivity contribution in [3.8, 4) is 0 Å². The quantitative estimate of drug-likeness (QED) is 0.879. The first kappa shape index (κ1) is 16.8. The molecule has 1 aromatic rings. The minimum absolute atomic E-state index is 0.00196. The average Bonchev–Trinajstić information content (AvgIpc) is 2.99. The number of aryl methyl sites for hydroxylation is 1. The molecule has 0 aromatic heterocycles. The Labute approximate surface area is 133 Å². The Kier molecular flexibility index (Phi) is 5.83. The van der Waals surface area contributed by atoms with E-state index in [1.807, 2.05) is 4.90 Å². The van der Waals surface area contributed by atoms with E-state index in [-0.39, 0.29) is 24.1 Å². The molecule has 1 aliphatic rings. The van der Waals surface area contributed by atoms with Crippen molar-refractivity contribution >= 4 is 6.03 Å². The average molecular weight is 304 g/mol. The third kappa shape index (κ3) is 4.47. The van der Waals surface area contributed by atoms with Crippen LogP contribution in [0.3, 0.4) is 0 Å². The standard InChI is InChI=1S/C18H28N2O2/c1-4-17(11-15-7-5-13(2)6-8-15)19-18(22)20-10-9-16(12-20)14(3)21/h5-8,14,16-17,21H,4,9-12H2,1-3H3,(H,19,22)/t14-,16-,17+/m0/s1. The predicted octanol–water partition coefficient (Wildman–Crippen LogP) is 2.73. The van der Waals surface area contributed by atoms with Gasteiger partial charge in [0.05, 0.1) is 6.10 Å². The van der Waals surface area contributed by atoms with E-state index in [1.54, 1.807) is 6.92 Å². The number of hydrogen-bond acceptors (Lipinski definition) is 2. The Balaban J connectivity index is 1.87. The SMILES string of the molecule is CC[C@H](Cc1ccc(C)cc1)NC(=O)N1CC[C@H]([C@H](C)O)C1. The monoisotopic (exact) mass is 304 g/mol. The first-order valence-corrected chi connectivity index (χ1v) is 8.28. The lowest BCUT2D eigenvalue weighted by molar-refractivity contribution is 0.129. The van der Waals surface area contributed by atoms with Gasteiger partial charge in [0, 0.05) is 25.0 Å². The van der Waals surface area contributed by atoms with Crippen LogP contribution in [-0.4, -0.2) is 41.3 Å². The number of likely N-dealkylation sites (tertiary alicyclic amines) is 1. The Morgan fingerprint density at radius 2 is 2.09 bits per heavy atom. The van der Waals surface area contributed by atoms with Crippen LogP contribution < -0.4 is 5.32 Å². The number of amides is 2. The highest BCUT2D eigenvalue weighted by Gasteiger charge is 2.29. The fraction of sp³-hybridized carbons (Fsp3) is 0.611. The van der Waals surface area contributed by atoms with E-state index >= 15 is 0 Å². The second-order valence-electron chi connectivity index (χ2n) is 6.48. The molecule has 0 spiro atoms. The van der Waals surface area contributed by atoms with E-state index in [4.69, 9.17) is 0 Å². The third-order valence-electron chi connectivity index (χ3n) is 4.62. The van der Waals surface area contributed by atoms with Crippen LogP contribution in [0.25, 0.3) is 0 Å². The van der Waals surface area contributed by atoms with Gasteiger partial charge >= 0.3 is 6.03 Å². The summed E-state index contributed by atoms with van der Waals surface area (Å²) in [7, 11) is 0. The van der Waals surface area contributed by atoms with Crippen molar-refractivity contribution in [2.24, 2.45) is 5.92 Å². The van der Waals surface area contributed by atoms with E-state index < -0.39 is 0 Å². The van der Waals surface area contributed by atoms with Gasteiger partial charge in [0.2, 0.25) is 0 Å². The number of benzene rings is 1. The zero-order valence-electron chi connectivity index (χ0n) is 13.9. The zero-order chi connectivity index (χ0) is 16.1. The molecular formula is C18H28N2O2. The summed E-state index contributed by atoms with van der Waals surface area (Å²) in [6.45, 7) is 7.38. The predicted molar refractivity (Wildman–Crippen MR) is 88.9 cm³/mol. The highest BCUT2D eigenvalue weighted by atomic mass is 16.3. The molecule has 0 aliphatic carbocycles. The lowest BCUT2D eigenvalue weighted by Crippen LogP contribution is -2.44. The van der Waals surface area contributed by atoms with Crippen molar-refractivity contribution in [1.82, 2.24) is 10.2 Å². The Morgan fingerprint density at radius 3 is 2.64 bits per heavy atom. The summed E-state index contributed by atoms with van der Waals surface area (Å²) < 4.78 is 0. The van der Waals surface area contributed by atoms with Crippen LogP contribution in [0.2, 0.25) is 0 Å². The number of nitrogens with zero attached hydrogens (tertiary/aromatic N) is 1. The van der Waals surface area contributed by atoms with Crippen molar-refractivity contribution < 1.29 is 9.90 Å². The Hall–Kier alpha value is -1.55. The van der Waals surface area contributed by atoms with Crippen LogP contribution >= 0.6 is 0 Å². The summed E-state index contributed by atoms with van der Waals surface area (Å²) in [6, 6.07) is 8.63. The van der Waals surface area contributed by atoms with Crippen molar-refractivity contribution in [2.75, 3.05) is 13.1 Å². The molecule has 2 amide bonds. The zero-order valence-corrected chi connectivity index (χ0v) is 13.9. The minimum Gasteiger partial charge on any atom is -0.393 e. The highest BCUT2D eigenvalue weighted by Crippen LogP contribution is 2.19. The van der Waals surface area contributed by atoms with Crippen molar-refractivity contribution in [2.45, 2.75) is 52.2 Å². The second-order valence-corrected chi connectivity index (χ2v) is 6.48. The third-order valence-corrected chi connectivity index (χ3v) is 4.62. The number of aliphatic hydroxyl groups excluding tert-OH is 1. The molecule has 1 fully saturated rings. The summed E-state index contributed by atoms with van der Waals surface area (Å²) in [5.41, 5.74) is 2.50. The van der Waals surface area contributed by atoms with E-state index in [0.717, 1.165) is 25.8 Å². The molecular weight excluding hydrogens is 276 g/mol. The number of urea groups is 1. The van der Waals surface area contributed by atoms with Gasteiger partial charge in [0.1, 0.15) is 0 Å². The topological polar surface area (TPSA) is 52.6 Å². The van der Waals surface area contributed by atoms with Gasteiger partial charge < -0.3 is 15.3 Å². The maximum Gasteiger partial charge on any atom is 0.317 e. The largest absolute Gasteiger partial charge is 0.393 e. The van der Waals surface area contributed by atoms with Gasteiger partial charge in [-0.25, -0.2) is 4.79 Å². The molecule has 4 nitrogen and oxygen atoms in total. The van der Waals surface area contributed by atoms with Crippen LogP contribution in [0.15, 0.2) is 24.3 Å². The molecule has 122 valence electrons. The molecule has 0 radical (unpaired) electrons. The molecule has 1 saturated heterocycles. The summed E-state index contributed by atoms with van der Waals surface area (Å²) in [5.74, 6) is 0.211. The molecule has 1 aromatic carbocycles. The first-order valence-electron chi connectivity index (χ1n) is 8.28. The maximum atomic E-state index is 12.4. The van der Waals surface area contributed by atoms with Gasteiger partial charge in [0.15, 0.2) is 0 Å². The molecule has 1 heterocycles. The van der Waals surface area contributed by atoms with Gasteiger partial charge in [-0.15, -0.1) is 0 Å². The molecule has 0 unspecified atom stereocenters. The van der Waals surface area contributed by atoms with E-state index in [0.29, 0.717) is 6.54 Å². The fourth-order valence-electron chi connectivity index (χ4n) is 2.94. The van der Waals surface area contributed by atoms with Gasteiger partial charge in [-0.2, -0.15) is 0 Å². The van der Waals surface area contributed by atoms with Gasteiger partial charge in [-0.05, 0) is 38.7 Å². The normalized spacial score (nSPS) is 20.7. The Bertz CT molecular complexity index is 484. The molecule has 2 rings (SSSR count). The van der Waals surface area contributed by atoms with Crippen LogP contribution in [0.1, 0.15) is 37.8 Å². The highest BCUT2D eigenvalue weighted by molar-refractivity contribution is 5.74. The molecule has 4 heteroatoms. The second kappa shape index (κ2) is 7.63. The molecule has 0 saturated carbocycles. The molecule has 2 N–H and O–H groups in total.